The molecule has 27 heavy (non-hydrogen) atoms. The van der Waals surface area contributed by atoms with Crippen LogP contribution in [0.2, 0.25) is 0 Å². The third kappa shape index (κ3) is 6.09. The molecule has 6 nitrogen and oxygen atoms in total. The molecule has 2 heterocycles. The van der Waals surface area contributed by atoms with Crippen molar-refractivity contribution >= 4 is 6.09 Å². The second kappa shape index (κ2) is 8.91. The summed E-state index contributed by atoms with van der Waals surface area (Å²) >= 11 is 0. The van der Waals surface area contributed by atoms with Crippen molar-refractivity contribution in [3.63, 3.8) is 0 Å². The van der Waals surface area contributed by atoms with Gasteiger partial charge in [-0.05, 0) is 64.5 Å². The minimum Gasteiger partial charge on any atom is -0.493 e. The zero-order valence-corrected chi connectivity index (χ0v) is 16.9. The molecule has 0 unspecified atom stereocenters. The van der Waals surface area contributed by atoms with Gasteiger partial charge in [-0.15, -0.1) is 0 Å². The van der Waals surface area contributed by atoms with E-state index < -0.39 is 5.60 Å². The van der Waals surface area contributed by atoms with Crippen molar-refractivity contribution in [3.05, 3.63) is 24.5 Å². The van der Waals surface area contributed by atoms with Crippen molar-refractivity contribution in [1.29, 1.82) is 0 Å². The molecule has 1 aliphatic heterocycles. The van der Waals surface area contributed by atoms with Crippen LogP contribution in [0, 0.1) is 5.92 Å². The smallest absolute Gasteiger partial charge is 0.410 e. The van der Waals surface area contributed by atoms with Gasteiger partial charge >= 0.3 is 6.09 Å². The van der Waals surface area contributed by atoms with E-state index in [0.29, 0.717) is 12.0 Å². The van der Waals surface area contributed by atoms with Crippen LogP contribution in [-0.2, 0) is 4.74 Å². The molecule has 0 N–H and O–H groups in total. The second-order valence-corrected chi connectivity index (χ2v) is 8.67. The SMILES string of the molecule is CC(C)(C)OC(=O)N1CCN([C@H]2CC[C@H](COc3ccncc3)CC2)CC1. The molecule has 1 amide bonds. The van der Waals surface area contributed by atoms with Gasteiger partial charge in [-0.1, -0.05) is 0 Å². The van der Waals surface area contributed by atoms with E-state index in [1.165, 1.54) is 25.7 Å². The average molecular weight is 376 g/mol. The summed E-state index contributed by atoms with van der Waals surface area (Å²) in [6, 6.07) is 4.47. The zero-order chi connectivity index (χ0) is 19.3. The number of carbonyl (C=O) groups excluding carboxylic acids is 1. The summed E-state index contributed by atoms with van der Waals surface area (Å²) < 4.78 is 11.4. The first kappa shape index (κ1) is 19.9. The first-order valence-electron chi connectivity index (χ1n) is 10.2. The molecule has 0 bridgehead atoms. The summed E-state index contributed by atoms with van der Waals surface area (Å²) in [6.07, 6.45) is 8.21. The third-order valence-electron chi connectivity index (χ3n) is 5.43. The van der Waals surface area contributed by atoms with Crippen molar-refractivity contribution < 1.29 is 14.3 Å². The fourth-order valence-electron chi connectivity index (χ4n) is 3.92. The van der Waals surface area contributed by atoms with E-state index in [4.69, 9.17) is 9.47 Å². The number of nitrogens with zero attached hydrogens (tertiary/aromatic N) is 3. The maximum Gasteiger partial charge on any atom is 0.410 e. The minimum atomic E-state index is -0.426. The molecule has 6 heteroatoms. The maximum atomic E-state index is 12.2. The van der Waals surface area contributed by atoms with Crippen LogP contribution in [0.15, 0.2) is 24.5 Å². The van der Waals surface area contributed by atoms with Crippen molar-refractivity contribution in [1.82, 2.24) is 14.8 Å². The summed E-state index contributed by atoms with van der Waals surface area (Å²) in [5.74, 6) is 1.54. The first-order valence-corrected chi connectivity index (χ1v) is 10.2. The van der Waals surface area contributed by atoms with E-state index in [1.54, 1.807) is 12.4 Å². The van der Waals surface area contributed by atoms with Gasteiger partial charge in [0.15, 0.2) is 0 Å². The van der Waals surface area contributed by atoms with Crippen LogP contribution in [0.5, 0.6) is 5.75 Å². The number of carbonyl (C=O) groups is 1. The molecular formula is C21H33N3O3. The monoisotopic (exact) mass is 375 g/mol. The number of hydrogen-bond acceptors (Lipinski definition) is 5. The number of piperazine rings is 1. The predicted molar refractivity (Wildman–Crippen MR) is 105 cm³/mol. The van der Waals surface area contributed by atoms with Gasteiger partial charge in [0.2, 0.25) is 0 Å². The summed E-state index contributed by atoms with van der Waals surface area (Å²) in [7, 11) is 0. The fourth-order valence-corrected chi connectivity index (χ4v) is 3.92. The fraction of sp³-hybridized carbons (Fsp3) is 0.714. The van der Waals surface area contributed by atoms with Gasteiger partial charge in [-0.25, -0.2) is 4.79 Å². The average Bonchev–Trinajstić information content (AvgIpc) is 2.66. The molecule has 1 aliphatic carbocycles. The van der Waals surface area contributed by atoms with E-state index in [2.05, 4.69) is 9.88 Å². The molecule has 150 valence electrons. The Bertz CT molecular complexity index is 586. The Morgan fingerprint density at radius 1 is 1.07 bits per heavy atom. The minimum absolute atomic E-state index is 0.181. The number of amides is 1. The van der Waals surface area contributed by atoms with Crippen LogP contribution in [0.1, 0.15) is 46.5 Å². The summed E-state index contributed by atoms with van der Waals surface area (Å²) in [4.78, 5) is 20.6. The van der Waals surface area contributed by atoms with Crippen LogP contribution in [0.4, 0.5) is 4.79 Å². The largest absolute Gasteiger partial charge is 0.493 e. The van der Waals surface area contributed by atoms with Crippen molar-refractivity contribution in [2.45, 2.75) is 58.1 Å². The topological polar surface area (TPSA) is 54.9 Å². The van der Waals surface area contributed by atoms with E-state index in [1.807, 2.05) is 37.8 Å². The molecule has 1 aromatic heterocycles. The Labute approximate surface area is 162 Å². The highest BCUT2D eigenvalue weighted by molar-refractivity contribution is 5.68. The van der Waals surface area contributed by atoms with Crippen LogP contribution in [0.3, 0.4) is 0 Å². The zero-order valence-electron chi connectivity index (χ0n) is 16.9. The Morgan fingerprint density at radius 2 is 1.70 bits per heavy atom. The second-order valence-electron chi connectivity index (χ2n) is 8.67. The van der Waals surface area contributed by atoms with Gasteiger partial charge in [0.05, 0.1) is 6.61 Å². The lowest BCUT2D eigenvalue weighted by Crippen LogP contribution is -2.53. The lowest BCUT2D eigenvalue weighted by atomic mass is 9.85. The molecule has 0 radical (unpaired) electrons. The highest BCUT2D eigenvalue weighted by Gasteiger charge is 2.31. The van der Waals surface area contributed by atoms with Gasteiger partial charge in [0.1, 0.15) is 11.4 Å². The first-order chi connectivity index (χ1) is 12.9. The van der Waals surface area contributed by atoms with Crippen LogP contribution in [-0.4, -0.2) is 65.3 Å². The molecule has 1 aromatic rings. The molecular weight excluding hydrogens is 342 g/mol. The van der Waals surface area contributed by atoms with Gasteiger partial charge in [0, 0.05) is 44.6 Å². The Kier molecular flexibility index (Phi) is 6.58. The Balaban J connectivity index is 1.36. The molecule has 1 saturated heterocycles. The predicted octanol–water partition coefficient (Wildman–Crippen LogP) is 3.57. The molecule has 1 saturated carbocycles. The molecule has 2 aliphatic rings. The Morgan fingerprint density at radius 3 is 2.30 bits per heavy atom. The lowest BCUT2D eigenvalue weighted by molar-refractivity contribution is 0.00654. The van der Waals surface area contributed by atoms with Gasteiger partial charge < -0.3 is 14.4 Å². The Hall–Kier alpha value is -1.82. The summed E-state index contributed by atoms with van der Waals surface area (Å²) in [5, 5.41) is 0. The standard InChI is InChI=1S/C21H33N3O3/c1-21(2,3)27-20(25)24-14-12-23(13-15-24)18-6-4-17(5-7-18)16-26-19-8-10-22-11-9-19/h8-11,17-18H,4-7,12-16H2,1-3H3/t17-,18-. The van der Waals surface area contributed by atoms with Crippen molar-refractivity contribution in [3.8, 4) is 5.75 Å². The van der Waals surface area contributed by atoms with Gasteiger partial charge in [0.25, 0.3) is 0 Å². The van der Waals surface area contributed by atoms with E-state index in [-0.39, 0.29) is 6.09 Å². The number of pyridine rings is 1. The summed E-state index contributed by atoms with van der Waals surface area (Å²) in [6.45, 7) is 9.96. The highest BCUT2D eigenvalue weighted by atomic mass is 16.6. The maximum absolute atomic E-state index is 12.2. The lowest BCUT2D eigenvalue weighted by Gasteiger charge is -2.42. The van der Waals surface area contributed by atoms with Gasteiger partial charge in [-0.2, -0.15) is 0 Å². The van der Waals surface area contributed by atoms with Gasteiger partial charge in [-0.3, -0.25) is 9.88 Å². The van der Waals surface area contributed by atoms with E-state index in [9.17, 15) is 4.79 Å². The number of ether oxygens (including phenoxy) is 2. The number of rotatable bonds is 4. The molecule has 2 fully saturated rings. The molecule has 0 aromatic carbocycles. The summed E-state index contributed by atoms with van der Waals surface area (Å²) in [5.41, 5.74) is -0.426. The van der Waals surface area contributed by atoms with Crippen molar-refractivity contribution in [2.24, 2.45) is 5.92 Å². The number of hydrogen-bond donors (Lipinski definition) is 0. The number of aromatic nitrogens is 1. The third-order valence-corrected chi connectivity index (χ3v) is 5.43. The van der Waals surface area contributed by atoms with E-state index in [0.717, 1.165) is 38.5 Å². The molecule has 0 atom stereocenters. The van der Waals surface area contributed by atoms with Crippen molar-refractivity contribution in [2.75, 3.05) is 32.8 Å². The molecule has 3 rings (SSSR count). The van der Waals surface area contributed by atoms with E-state index >= 15 is 0 Å². The quantitative estimate of drug-likeness (QED) is 0.805. The molecule has 0 spiro atoms. The van der Waals surface area contributed by atoms with Crippen LogP contribution < -0.4 is 4.74 Å². The van der Waals surface area contributed by atoms with Crippen LogP contribution in [0.25, 0.3) is 0 Å². The normalized spacial score (nSPS) is 24.5. The highest BCUT2D eigenvalue weighted by Crippen LogP contribution is 2.29. The van der Waals surface area contributed by atoms with Crippen LogP contribution >= 0.6 is 0 Å².